The molecule has 0 bridgehead atoms. The summed E-state index contributed by atoms with van der Waals surface area (Å²) in [5.41, 5.74) is 3.99. The van der Waals surface area contributed by atoms with Gasteiger partial charge in [0.05, 0.1) is 43.2 Å². The zero-order chi connectivity index (χ0) is 27.5. The van der Waals surface area contributed by atoms with E-state index < -0.39 is 0 Å². The molecule has 0 aliphatic heterocycles. The van der Waals surface area contributed by atoms with Gasteiger partial charge in [0.1, 0.15) is 16.5 Å². The first kappa shape index (κ1) is 26.7. The quantitative estimate of drug-likeness (QED) is 0.242. The number of methoxy groups -OCH3 is 2. The number of rotatable bonds is 8. The Kier molecular flexibility index (Phi) is 7.84. The Morgan fingerprint density at radius 2 is 1.90 bits per heavy atom. The van der Waals surface area contributed by atoms with Crippen LogP contribution in [-0.4, -0.2) is 37.7 Å². The first-order valence-corrected chi connectivity index (χ1v) is 14.0. The van der Waals surface area contributed by atoms with Crippen LogP contribution in [-0.2, 0) is 17.6 Å². The fourth-order valence-corrected chi connectivity index (χ4v) is 6.54. The molecule has 202 valence electrons. The van der Waals surface area contributed by atoms with Crippen LogP contribution >= 0.6 is 11.3 Å². The summed E-state index contributed by atoms with van der Waals surface area (Å²) in [6, 6.07) is 14.8. The molecule has 0 saturated heterocycles. The SMILES string of the molecule is CCOC(=O)c1c(NC(=O)c2cc(-c3ccc(OC)cc3OC)nc3ccccc23)sc2c1CCC(CC)C2. The molecule has 1 atom stereocenters. The number of nitrogens with zero attached hydrogens (tertiary/aromatic N) is 1. The number of thiophene rings is 1. The highest BCUT2D eigenvalue weighted by molar-refractivity contribution is 7.17. The fraction of sp³-hybridized carbons (Fsp3) is 0.323. The first-order valence-electron chi connectivity index (χ1n) is 13.2. The van der Waals surface area contributed by atoms with E-state index in [0.29, 0.717) is 44.8 Å². The second-order valence-corrected chi connectivity index (χ2v) is 10.6. The Morgan fingerprint density at radius 1 is 1.08 bits per heavy atom. The van der Waals surface area contributed by atoms with Gasteiger partial charge >= 0.3 is 5.97 Å². The average molecular weight is 545 g/mol. The van der Waals surface area contributed by atoms with Crippen LogP contribution in [0.25, 0.3) is 22.2 Å². The number of carbonyl (C=O) groups excluding carboxylic acids is 2. The highest BCUT2D eigenvalue weighted by Gasteiger charge is 2.30. The standard InChI is InChI=1S/C31H32N2O5S/c1-5-18-11-13-22-27(15-18)39-30(28(22)31(35)38-6-2)33-29(34)23-17-25(32-24-10-8-7-9-20(23)24)21-14-12-19(36-3)16-26(21)37-4/h7-10,12,14,16-18H,5-6,11,13,15H2,1-4H3,(H,33,34). The number of nitrogens with one attached hydrogen (secondary N) is 1. The maximum absolute atomic E-state index is 13.9. The number of hydrogen-bond donors (Lipinski definition) is 1. The lowest BCUT2D eigenvalue weighted by molar-refractivity contribution is 0.0526. The second kappa shape index (κ2) is 11.5. The number of ether oxygens (including phenoxy) is 3. The van der Waals surface area contributed by atoms with Crippen molar-refractivity contribution in [3.63, 3.8) is 0 Å². The number of amides is 1. The largest absolute Gasteiger partial charge is 0.497 e. The third-order valence-electron chi connectivity index (χ3n) is 7.30. The molecule has 1 N–H and O–H groups in total. The normalized spacial score (nSPS) is 14.5. The summed E-state index contributed by atoms with van der Waals surface area (Å²) < 4.78 is 16.4. The van der Waals surface area contributed by atoms with Crippen molar-refractivity contribution in [3.05, 3.63) is 70.1 Å². The van der Waals surface area contributed by atoms with Gasteiger partial charge in [-0.25, -0.2) is 9.78 Å². The summed E-state index contributed by atoms with van der Waals surface area (Å²) in [6.45, 7) is 4.26. The van der Waals surface area contributed by atoms with Crippen LogP contribution in [0.1, 0.15) is 57.8 Å². The van der Waals surface area contributed by atoms with Crippen LogP contribution in [0.5, 0.6) is 11.5 Å². The third kappa shape index (κ3) is 5.21. The van der Waals surface area contributed by atoms with Crippen molar-refractivity contribution < 1.29 is 23.8 Å². The number of benzene rings is 2. The van der Waals surface area contributed by atoms with Gasteiger partial charge in [0, 0.05) is 21.9 Å². The van der Waals surface area contributed by atoms with Crippen molar-refractivity contribution >= 4 is 39.1 Å². The van der Waals surface area contributed by atoms with E-state index in [9.17, 15) is 9.59 Å². The molecule has 0 saturated carbocycles. The van der Waals surface area contributed by atoms with Gasteiger partial charge in [-0.3, -0.25) is 4.79 Å². The number of fused-ring (bicyclic) bond motifs is 2. The van der Waals surface area contributed by atoms with Crippen molar-refractivity contribution in [2.45, 2.75) is 39.5 Å². The Balaban J connectivity index is 1.58. The molecule has 8 heteroatoms. The molecule has 2 heterocycles. The summed E-state index contributed by atoms with van der Waals surface area (Å²) in [5, 5.41) is 4.34. The average Bonchev–Trinajstić information content (AvgIpc) is 3.33. The van der Waals surface area contributed by atoms with Gasteiger partial charge in [-0.05, 0) is 61.9 Å². The van der Waals surface area contributed by atoms with Gasteiger partial charge in [0.2, 0.25) is 0 Å². The smallest absolute Gasteiger partial charge is 0.341 e. The Labute approximate surface area is 232 Å². The van der Waals surface area contributed by atoms with Gasteiger partial charge in [-0.1, -0.05) is 31.5 Å². The predicted octanol–water partition coefficient (Wildman–Crippen LogP) is 6.92. The van der Waals surface area contributed by atoms with E-state index in [1.54, 1.807) is 33.3 Å². The van der Waals surface area contributed by atoms with Crippen molar-refractivity contribution in [2.24, 2.45) is 5.92 Å². The molecule has 1 amide bonds. The number of carbonyl (C=O) groups is 2. The Hall–Kier alpha value is -3.91. The Morgan fingerprint density at radius 3 is 2.64 bits per heavy atom. The molecular formula is C31H32N2O5S. The van der Waals surface area contributed by atoms with Crippen LogP contribution in [0.15, 0.2) is 48.5 Å². The van der Waals surface area contributed by atoms with E-state index in [1.165, 1.54) is 11.3 Å². The van der Waals surface area contributed by atoms with E-state index >= 15 is 0 Å². The molecule has 5 rings (SSSR count). The van der Waals surface area contributed by atoms with Crippen LogP contribution in [0.2, 0.25) is 0 Å². The van der Waals surface area contributed by atoms with Crippen LogP contribution in [0, 0.1) is 5.92 Å². The van der Waals surface area contributed by atoms with Gasteiger partial charge in [-0.2, -0.15) is 0 Å². The van der Waals surface area contributed by atoms with Gasteiger partial charge < -0.3 is 19.5 Å². The van der Waals surface area contributed by atoms with Gasteiger partial charge in [0.15, 0.2) is 0 Å². The summed E-state index contributed by atoms with van der Waals surface area (Å²) in [6.07, 6.45) is 3.85. The van der Waals surface area contributed by atoms with Crippen molar-refractivity contribution in [1.29, 1.82) is 0 Å². The van der Waals surface area contributed by atoms with Crippen molar-refractivity contribution in [2.75, 3.05) is 26.1 Å². The predicted molar refractivity (Wildman–Crippen MR) is 154 cm³/mol. The fourth-order valence-electron chi connectivity index (χ4n) is 5.19. The van der Waals surface area contributed by atoms with E-state index in [1.807, 2.05) is 36.4 Å². The summed E-state index contributed by atoms with van der Waals surface area (Å²) >= 11 is 1.49. The molecule has 4 aromatic rings. The Bertz CT molecular complexity index is 1540. The molecule has 7 nitrogen and oxygen atoms in total. The summed E-state index contributed by atoms with van der Waals surface area (Å²) in [4.78, 5) is 32.9. The van der Waals surface area contributed by atoms with E-state index in [4.69, 9.17) is 19.2 Å². The number of esters is 1. The minimum Gasteiger partial charge on any atom is -0.497 e. The van der Waals surface area contributed by atoms with Gasteiger partial charge in [0.25, 0.3) is 5.91 Å². The molecule has 1 unspecified atom stereocenters. The lowest BCUT2D eigenvalue weighted by Gasteiger charge is -2.20. The van der Waals surface area contributed by atoms with E-state index in [0.717, 1.165) is 47.1 Å². The molecular weight excluding hydrogens is 512 g/mol. The summed E-state index contributed by atoms with van der Waals surface area (Å²) in [7, 11) is 3.19. The zero-order valence-corrected chi connectivity index (χ0v) is 23.4. The van der Waals surface area contributed by atoms with Crippen LogP contribution < -0.4 is 14.8 Å². The number of hydrogen-bond acceptors (Lipinski definition) is 7. The van der Waals surface area contributed by atoms with E-state index in [-0.39, 0.29) is 18.5 Å². The highest BCUT2D eigenvalue weighted by Crippen LogP contribution is 2.41. The zero-order valence-electron chi connectivity index (χ0n) is 22.6. The van der Waals surface area contributed by atoms with Crippen molar-refractivity contribution in [3.8, 4) is 22.8 Å². The highest BCUT2D eigenvalue weighted by atomic mass is 32.1. The van der Waals surface area contributed by atoms with E-state index in [2.05, 4.69) is 12.2 Å². The van der Waals surface area contributed by atoms with Crippen LogP contribution in [0.4, 0.5) is 5.00 Å². The second-order valence-electron chi connectivity index (χ2n) is 9.54. The molecule has 2 aromatic carbocycles. The third-order valence-corrected chi connectivity index (χ3v) is 8.47. The molecule has 2 aromatic heterocycles. The number of pyridine rings is 1. The lowest BCUT2D eigenvalue weighted by Crippen LogP contribution is -2.17. The topological polar surface area (TPSA) is 86.8 Å². The molecule has 39 heavy (non-hydrogen) atoms. The molecule has 0 radical (unpaired) electrons. The number of para-hydroxylation sites is 1. The molecule has 1 aliphatic rings. The van der Waals surface area contributed by atoms with Gasteiger partial charge in [-0.15, -0.1) is 11.3 Å². The maximum Gasteiger partial charge on any atom is 0.341 e. The first-order chi connectivity index (χ1) is 19.0. The monoisotopic (exact) mass is 544 g/mol. The number of aromatic nitrogens is 1. The minimum absolute atomic E-state index is 0.274. The van der Waals surface area contributed by atoms with Crippen LogP contribution in [0.3, 0.4) is 0 Å². The van der Waals surface area contributed by atoms with Crippen molar-refractivity contribution in [1.82, 2.24) is 4.98 Å². The molecule has 1 aliphatic carbocycles. The number of anilines is 1. The lowest BCUT2D eigenvalue weighted by atomic mass is 9.85. The molecule has 0 fully saturated rings. The maximum atomic E-state index is 13.9. The summed E-state index contributed by atoms with van der Waals surface area (Å²) in [5.74, 6) is 1.14. The minimum atomic E-state index is -0.386. The molecule has 0 spiro atoms.